The Morgan fingerprint density at radius 2 is 1.65 bits per heavy atom. The summed E-state index contributed by atoms with van der Waals surface area (Å²) in [6.07, 6.45) is 0. The largest absolute Gasteiger partial charge is 0.460 e. The van der Waals surface area contributed by atoms with Gasteiger partial charge in [-0.3, -0.25) is 4.90 Å². The second-order valence-electron chi connectivity index (χ2n) is 6.11. The summed E-state index contributed by atoms with van der Waals surface area (Å²) in [4.78, 5) is 4.86. The second-order valence-corrected chi connectivity index (χ2v) is 6.11. The molecule has 118 valence electrons. The summed E-state index contributed by atoms with van der Waals surface area (Å²) >= 11 is 0. The molecule has 1 aliphatic rings. The third-order valence-corrected chi connectivity index (χ3v) is 4.49. The van der Waals surface area contributed by atoms with E-state index in [1.165, 1.54) is 11.1 Å². The van der Waals surface area contributed by atoms with Crippen LogP contribution in [0.15, 0.2) is 59.0 Å². The van der Waals surface area contributed by atoms with Gasteiger partial charge in [-0.25, -0.2) is 0 Å². The molecule has 0 amide bonds. The van der Waals surface area contributed by atoms with Crippen molar-refractivity contribution in [2.24, 2.45) is 0 Å². The van der Waals surface area contributed by atoms with Crippen LogP contribution in [0.1, 0.15) is 5.76 Å². The zero-order chi connectivity index (χ0) is 15.6. The summed E-state index contributed by atoms with van der Waals surface area (Å²) in [7, 11) is 0. The molecule has 4 rings (SSSR count). The van der Waals surface area contributed by atoms with E-state index in [1.54, 1.807) is 0 Å². The van der Waals surface area contributed by atoms with Crippen molar-refractivity contribution in [2.75, 3.05) is 36.8 Å². The van der Waals surface area contributed by atoms with Crippen LogP contribution < -0.4 is 10.6 Å². The van der Waals surface area contributed by atoms with Crippen molar-refractivity contribution in [1.82, 2.24) is 4.90 Å². The van der Waals surface area contributed by atoms with Crippen LogP contribution in [-0.4, -0.2) is 31.1 Å². The molecule has 0 radical (unpaired) electrons. The van der Waals surface area contributed by atoms with Crippen LogP contribution in [0.3, 0.4) is 0 Å². The van der Waals surface area contributed by atoms with Gasteiger partial charge in [0.1, 0.15) is 11.3 Å². The molecule has 0 saturated carbocycles. The maximum atomic E-state index is 5.93. The van der Waals surface area contributed by atoms with Crippen molar-refractivity contribution in [3.63, 3.8) is 0 Å². The Morgan fingerprint density at radius 1 is 0.913 bits per heavy atom. The van der Waals surface area contributed by atoms with Gasteiger partial charge < -0.3 is 15.1 Å². The van der Waals surface area contributed by atoms with Crippen LogP contribution in [0.4, 0.5) is 11.4 Å². The van der Waals surface area contributed by atoms with Crippen LogP contribution in [0, 0.1) is 0 Å². The lowest BCUT2D eigenvalue weighted by Gasteiger charge is -2.35. The van der Waals surface area contributed by atoms with Gasteiger partial charge in [0.15, 0.2) is 0 Å². The minimum atomic E-state index is 0.817. The van der Waals surface area contributed by atoms with E-state index in [0.29, 0.717) is 0 Å². The van der Waals surface area contributed by atoms with E-state index in [1.807, 2.05) is 30.3 Å². The molecule has 1 aliphatic heterocycles. The number of rotatable bonds is 3. The molecular formula is C19H21N3O. The average Bonchev–Trinajstić information content (AvgIpc) is 2.98. The normalized spacial score (nSPS) is 16.1. The number of benzene rings is 2. The van der Waals surface area contributed by atoms with E-state index in [9.17, 15) is 0 Å². The first-order valence-corrected chi connectivity index (χ1v) is 8.08. The Labute approximate surface area is 136 Å². The van der Waals surface area contributed by atoms with Gasteiger partial charge in [0.05, 0.1) is 6.54 Å². The fourth-order valence-corrected chi connectivity index (χ4v) is 3.18. The molecule has 3 aromatic rings. The number of hydrogen-bond donors (Lipinski definition) is 1. The van der Waals surface area contributed by atoms with Gasteiger partial charge in [0.2, 0.25) is 0 Å². The molecule has 0 aliphatic carbocycles. The van der Waals surface area contributed by atoms with Gasteiger partial charge in [-0.1, -0.05) is 18.2 Å². The third kappa shape index (κ3) is 3.03. The van der Waals surface area contributed by atoms with Gasteiger partial charge in [-0.2, -0.15) is 0 Å². The molecule has 23 heavy (non-hydrogen) atoms. The second kappa shape index (κ2) is 5.97. The van der Waals surface area contributed by atoms with E-state index >= 15 is 0 Å². The highest BCUT2D eigenvalue weighted by Crippen LogP contribution is 2.22. The SMILES string of the molecule is Nc1ccc(N2CCN(Cc3cc4ccccc4o3)CC2)cc1. The molecule has 4 nitrogen and oxygen atoms in total. The monoisotopic (exact) mass is 307 g/mol. The van der Waals surface area contributed by atoms with Crippen molar-refractivity contribution >= 4 is 22.3 Å². The lowest BCUT2D eigenvalue weighted by molar-refractivity contribution is 0.233. The van der Waals surface area contributed by atoms with Gasteiger partial charge in [0.25, 0.3) is 0 Å². The number of hydrogen-bond acceptors (Lipinski definition) is 4. The number of anilines is 2. The summed E-state index contributed by atoms with van der Waals surface area (Å²) in [5.41, 5.74) is 8.80. The van der Waals surface area contributed by atoms with E-state index in [2.05, 4.69) is 34.1 Å². The average molecular weight is 307 g/mol. The molecule has 1 fully saturated rings. The zero-order valence-corrected chi connectivity index (χ0v) is 13.1. The van der Waals surface area contributed by atoms with Crippen LogP contribution in [0.2, 0.25) is 0 Å². The molecule has 2 N–H and O–H groups in total. The van der Waals surface area contributed by atoms with Crippen molar-refractivity contribution in [3.05, 3.63) is 60.4 Å². The van der Waals surface area contributed by atoms with Gasteiger partial charge in [-0.05, 0) is 36.4 Å². The molecule has 0 spiro atoms. The van der Waals surface area contributed by atoms with Crippen LogP contribution in [-0.2, 0) is 6.54 Å². The molecular weight excluding hydrogens is 286 g/mol. The number of nitrogens with zero attached hydrogens (tertiary/aromatic N) is 2. The maximum absolute atomic E-state index is 5.93. The fraction of sp³-hybridized carbons (Fsp3) is 0.263. The topological polar surface area (TPSA) is 45.6 Å². The lowest BCUT2D eigenvalue weighted by atomic mass is 10.2. The first kappa shape index (κ1) is 14.2. The Kier molecular flexibility index (Phi) is 3.67. The Balaban J connectivity index is 1.38. The molecule has 4 heteroatoms. The molecule has 2 heterocycles. The molecule has 1 saturated heterocycles. The van der Waals surface area contributed by atoms with E-state index < -0.39 is 0 Å². The van der Waals surface area contributed by atoms with Crippen molar-refractivity contribution in [3.8, 4) is 0 Å². The predicted octanol–water partition coefficient (Wildman–Crippen LogP) is 3.34. The standard InChI is InChI=1S/C19H21N3O/c20-16-5-7-17(8-6-16)22-11-9-21(10-12-22)14-18-13-15-3-1-2-4-19(15)23-18/h1-8,13H,9-12,14,20H2. The number of fused-ring (bicyclic) bond motifs is 1. The van der Waals surface area contributed by atoms with Gasteiger partial charge in [0, 0.05) is 42.9 Å². The Hall–Kier alpha value is -2.46. The first-order valence-electron chi connectivity index (χ1n) is 8.08. The summed E-state index contributed by atoms with van der Waals surface area (Å²) in [5, 5.41) is 1.18. The number of piperazine rings is 1. The minimum absolute atomic E-state index is 0.817. The highest BCUT2D eigenvalue weighted by molar-refractivity contribution is 5.77. The van der Waals surface area contributed by atoms with E-state index in [0.717, 1.165) is 49.8 Å². The third-order valence-electron chi connectivity index (χ3n) is 4.49. The van der Waals surface area contributed by atoms with Crippen LogP contribution in [0.5, 0.6) is 0 Å². The fourth-order valence-electron chi connectivity index (χ4n) is 3.18. The van der Waals surface area contributed by atoms with Crippen molar-refractivity contribution in [2.45, 2.75) is 6.54 Å². The number of furan rings is 1. The predicted molar refractivity (Wildman–Crippen MR) is 94.6 cm³/mol. The van der Waals surface area contributed by atoms with Crippen LogP contribution >= 0.6 is 0 Å². The summed E-state index contributed by atoms with van der Waals surface area (Å²) < 4.78 is 5.93. The summed E-state index contributed by atoms with van der Waals surface area (Å²) in [6, 6.07) is 18.5. The van der Waals surface area contributed by atoms with E-state index in [-0.39, 0.29) is 0 Å². The highest BCUT2D eigenvalue weighted by Gasteiger charge is 2.18. The highest BCUT2D eigenvalue weighted by atomic mass is 16.3. The van der Waals surface area contributed by atoms with Crippen molar-refractivity contribution < 1.29 is 4.42 Å². The van der Waals surface area contributed by atoms with Gasteiger partial charge >= 0.3 is 0 Å². The van der Waals surface area contributed by atoms with E-state index in [4.69, 9.17) is 10.2 Å². The summed E-state index contributed by atoms with van der Waals surface area (Å²) in [6.45, 7) is 5.03. The number of nitrogen functional groups attached to an aromatic ring is 1. The lowest BCUT2D eigenvalue weighted by Crippen LogP contribution is -2.45. The minimum Gasteiger partial charge on any atom is -0.460 e. The molecule has 1 aromatic heterocycles. The Morgan fingerprint density at radius 3 is 2.39 bits per heavy atom. The maximum Gasteiger partial charge on any atom is 0.134 e. The zero-order valence-electron chi connectivity index (χ0n) is 13.1. The van der Waals surface area contributed by atoms with Crippen molar-refractivity contribution in [1.29, 1.82) is 0 Å². The van der Waals surface area contributed by atoms with Gasteiger partial charge in [-0.15, -0.1) is 0 Å². The van der Waals surface area contributed by atoms with Crippen LogP contribution in [0.25, 0.3) is 11.0 Å². The number of para-hydroxylation sites is 1. The molecule has 0 bridgehead atoms. The summed E-state index contributed by atoms with van der Waals surface area (Å²) in [5.74, 6) is 1.05. The smallest absolute Gasteiger partial charge is 0.134 e. The molecule has 2 aromatic carbocycles. The Bertz CT molecular complexity index is 753. The quantitative estimate of drug-likeness (QED) is 0.754. The molecule has 0 unspecified atom stereocenters. The first-order chi connectivity index (χ1) is 11.3. The number of nitrogens with two attached hydrogens (primary N) is 1. The molecule has 0 atom stereocenters.